The van der Waals surface area contributed by atoms with Crippen molar-refractivity contribution in [2.75, 3.05) is 7.05 Å². The number of carboxylic acid groups (broad SMARTS) is 2. The minimum absolute atomic E-state index is 0.0287. The maximum absolute atomic E-state index is 13.2. The van der Waals surface area contributed by atoms with Gasteiger partial charge in [0.25, 0.3) is 0 Å². The standard InChI is InChI=1S/C29H36N4O4/c1-17(2)26-23(21-14-10-11-15-33(21)31-26)24-22(27(34)35)18(3)30-29(5,25(24)28(36)37)19(4)32(6)16-20-12-8-7-9-13-20/h7-15,17,19,24-25,30H,16H2,1-6H3,(H,34,35)(H,36,37). The SMILES string of the molecule is CC1=C(C(=O)O)C(c2c(C(C)C)nn3ccccc23)C(C(=O)O)C(C)(C(C)N(C)Cc2ccccc2)N1. The second kappa shape index (κ2) is 10.0. The third-order valence-corrected chi connectivity index (χ3v) is 7.92. The molecule has 0 radical (unpaired) electrons. The van der Waals surface area contributed by atoms with Gasteiger partial charge in [-0.05, 0) is 51.4 Å². The molecule has 1 aliphatic rings. The minimum atomic E-state index is -1.13. The lowest BCUT2D eigenvalue weighted by molar-refractivity contribution is -0.147. The van der Waals surface area contributed by atoms with E-state index >= 15 is 0 Å². The number of pyridine rings is 1. The van der Waals surface area contributed by atoms with Crippen molar-refractivity contribution in [3.8, 4) is 0 Å². The van der Waals surface area contributed by atoms with Crippen LogP contribution in [0.3, 0.4) is 0 Å². The number of nitrogens with zero attached hydrogens (tertiary/aromatic N) is 3. The predicted octanol–water partition coefficient (Wildman–Crippen LogP) is 4.48. The molecule has 0 bridgehead atoms. The summed E-state index contributed by atoms with van der Waals surface area (Å²) < 4.78 is 1.72. The van der Waals surface area contributed by atoms with Gasteiger partial charge in [-0.2, -0.15) is 5.10 Å². The van der Waals surface area contributed by atoms with Gasteiger partial charge in [-0.3, -0.25) is 9.69 Å². The lowest BCUT2D eigenvalue weighted by Crippen LogP contribution is -2.66. The van der Waals surface area contributed by atoms with Crippen LogP contribution in [-0.4, -0.2) is 55.3 Å². The number of carboxylic acids is 2. The van der Waals surface area contributed by atoms with E-state index < -0.39 is 29.3 Å². The summed E-state index contributed by atoms with van der Waals surface area (Å²) in [5.41, 5.74) is 2.78. The molecule has 37 heavy (non-hydrogen) atoms. The summed E-state index contributed by atoms with van der Waals surface area (Å²) in [7, 11) is 1.97. The third-order valence-electron chi connectivity index (χ3n) is 7.92. The first-order valence-corrected chi connectivity index (χ1v) is 12.6. The molecule has 2 aromatic heterocycles. The molecule has 0 amide bonds. The number of aliphatic carboxylic acids is 2. The molecule has 4 unspecified atom stereocenters. The van der Waals surface area contributed by atoms with E-state index in [-0.39, 0.29) is 17.5 Å². The fourth-order valence-electron chi connectivity index (χ4n) is 5.91. The van der Waals surface area contributed by atoms with Crippen molar-refractivity contribution in [1.29, 1.82) is 0 Å². The molecule has 0 fully saturated rings. The van der Waals surface area contributed by atoms with Crippen LogP contribution in [0.2, 0.25) is 0 Å². The second-order valence-electron chi connectivity index (χ2n) is 10.6. The van der Waals surface area contributed by atoms with Crippen LogP contribution in [0, 0.1) is 5.92 Å². The van der Waals surface area contributed by atoms with Gasteiger partial charge in [0.15, 0.2) is 0 Å². The van der Waals surface area contributed by atoms with Crippen LogP contribution in [0.1, 0.15) is 63.3 Å². The summed E-state index contributed by atoms with van der Waals surface area (Å²) >= 11 is 0. The first-order valence-electron chi connectivity index (χ1n) is 12.6. The van der Waals surface area contributed by atoms with Crippen LogP contribution >= 0.6 is 0 Å². The van der Waals surface area contributed by atoms with Crippen molar-refractivity contribution in [2.24, 2.45) is 5.92 Å². The largest absolute Gasteiger partial charge is 0.481 e. The monoisotopic (exact) mass is 504 g/mol. The Kier molecular flexibility index (Phi) is 7.15. The van der Waals surface area contributed by atoms with Crippen molar-refractivity contribution < 1.29 is 19.8 Å². The number of fused-ring (bicyclic) bond motifs is 1. The van der Waals surface area contributed by atoms with Crippen LogP contribution in [0.15, 0.2) is 66.0 Å². The van der Waals surface area contributed by atoms with Crippen LogP contribution in [0.5, 0.6) is 0 Å². The number of benzene rings is 1. The number of rotatable bonds is 8. The topological polar surface area (TPSA) is 107 Å². The Labute approximate surface area is 217 Å². The smallest absolute Gasteiger partial charge is 0.333 e. The predicted molar refractivity (Wildman–Crippen MR) is 142 cm³/mol. The maximum Gasteiger partial charge on any atom is 0.333 e. The normalized spacial score (nSPS) is 22.9. The van der Waals surface area contributed by atoms with Gasteiger partial charge < -0.3 is 15.5 Å². The number of hydrogen-bond acceptors (Lipinski definition) is 5. The van der Waals surface area contributed by atoms with Gasteiger partial charge in [0.05, 0.1) is 28.2 Å². The summed E-state index contributed by atoms with van der Waals surface area (Å²) in [6, 6.07) is 15.4. The van der Waals surface area contributed by atoms with Gasteiger partial charge >= 0.3 is 11.9 Å². The summed E-state index contributed by atoms with van der Waals surface area (Å²) in [5, 5.41) is 29.2. The van der Waals surface area contributed by atoms with Crippen molar-refractivity contribution in [1.82, 2.24) is 19.8 Å². The Morgan fingerprint density at radius 1 is 1.11 bits per heavy atom. The van der Waals surface area contributed by atoms with E-state index in [1.807, 2.05) is 89.5 Å². The van der Waals surface area contributed by atoms with Gasteiger partial charge in [0, 0.05) is 36.0 Å². The average molecular weight is 505 g/mol. The molecule has 8 heteroatoms. The maximum atomic E-state index is 13.2. The second-order valence-corrected chi connectivity index (χ2v) is 10.6. The van der Waals surface area contributed by atoms with Gasteiger partial charge in [-0.1, -0.05) is 50.2 Å². The zero-order valence-corrected chi connectivity index (χ0v) is 22.3. The van der Waals surface area contributed by atoms with E-state index in [9.17, 15) is 19.8 Å². The highest BCUT2D eigenvalue weighted by Gasteiger charge is 2.55. The molecule has 3 aromatic rings. The molecule has 0 aliphatic carbocycles. The van der Waals surface area contributed by atoms with Crippen molar-refractivity contribution in [2.45, 2.75) is 64.6 Å². The average Bonchev–Trinajstić information content (AvgIpc) is 3.23. The zero-order chi connectivity index (χ0) is 27.1. The third kappa shape index (κ3) is 4.62. The van der Waals surface area contributed by atoms with E-state index in [0.29, 0.717) is 23.5 Å². The Hall–Kier alpha value is -3.65. The number of hydrogen-bond donors (Lipinski definition) is 3. The van der Waals surface area contributed by atoms with Gasteiger partial charge in [0.2, 0.25) is 0 Å². The Balaban J connectivity index is 1.92. The van der Waals surface area contributed by atoms with E-state index in [0.717, 1.165) is 11.1 Å². The van der Waals surface area contributed by atoms with Crippen LogP contribution < -0.4 is 5.32 Å². The first-order chi connectivity index (χ1) is 17.5. The molecule has 0 saturated heterocycles. The molecule has 0 saturated carbocycles. The fourth-order valence-corrected chi connectivity index (χ4v) is 5.91. The van der Waals surface area contributed by atoms with Crippen molar-refractivity contribution >= 4 is 17.5 Å². The fraction of sp³-hybridized carbons (Fsp3) is 0.414. The van der Waals surface area contributed by atoms with Gasteiger partial charge in [-0.15, -0.1) is 0 Å². The van der Waals surface area contributed by atoms with Crippen molar-refractivity contribution in [3.63, 3.8) is 0 Å². The highest BCUT2D eigenvalue weighted by Crippen LogP contribution is 2.48. The minimum Gasteiger partial charge on any atom is -0.481 e. The molecule has 3 heterocycles. The quantitative estimate of drug-likeness (QED) is 0.415. The Bertz CT molecular complexity index is 1350. The van der Waals surface area contributed by atoms with E-state index in [1.165, 1.54) is 0 Å². The number of aromatic nitrogens is 2. The Morgan fingerprint density at radius 2 is 1.76 bits per heavy atom. The number of nitrogens with one attached hydrogen (secondary N) is 1. The Morgan fingerprint density at radius 3 is 2.35 bits per heavy atom. The van der Waals surface area contributed by atoms with E-state index in [1.54, 1.807) is 11.4 Å². The number of allylic oxidation sites excluding steroid dienone is 1. The number of carbonyl (C=O) groups is 2. The molecular formula is C29H36N4O4. The van der Waals surface area contributed by atoms with Crippen molar-refractivity contribution in [3.05, 3.63) is 82.8 Å². The first kappa shape index (κ1) is 26.4. The highest BCUT2D eigenvalue weighted by atomic mass is 16.4. The highest BCUT2D eigenvalue weighted by molar-refractivity contribution is 5.93. The zero-order valence-electron chi connectivity index (χ0n) is 22.3. The summed E-state index contributed by atoms with van der Waals surface area (Å²) in [4.78, 5) is 28.0. The lowest BCUT2D eigenvalue weighted by atomic mass is 9.64. The van der Waals surface area contributed by atoms with E-state index in [2.05, 4.69) is 10.2 Å². The van der Waals surface area contributed by atoms with Crippen LogP contribution in [0.25, 0.3) is 5.52 Å². The lowest BCUT2D eigenvalue weighted by Gasteiger charge is -2.51. The van der Waals surface area contributed by atoms with Gasteiger partial charge in [0.1, 0.15) is 0 Å². The molecule has 3 N–H and O–H groups in total. The molecule has 4 rings (SSSR count). The number of likely N-dealkylation sites (N-methyl/N-ethyl adjacent to an activating group) is 1. The molecule has 1 aromatic carbocycles. The van der Waals surface area contributed by atoms with Crippen LogP contribution in [0.4, 0.5) is 0 Å². The molecule has 1 aliphatic heterocycles. The molecular weight excluding hydrogens is 468 g/mol. The van der Waals surface area contributed by atoms with E-state index in [4.69, 9.17) is 5.10 Å². The molecule has 0 spiro atoms. The molecule has 196 valence electrons. The summed E-state index contributed by atoms with van der Waals surface area (Å²) in [6.07, 6.45) is 1.81. The van der Waals surface area contributed by atoms with Gasteiger partial charge in [-0.25, -0.2) is 9.31 Å². The molecule has 4 atom stereocenters. The summed E-state index contributed by atoms with van der Waals surface area (Å²) in [6.45, 7) is 10.2. The van der Waals surface area contributed by atoms with Crippen LogP contribution in [-0.2, 0) is 16.1 Å². The molecule has 8 nitrogen and oxygen atoms in total. The summed E-state index contributed by atoms with van der Waals surface area (Å²) in [5.74, 6) is -4.17.